The molecule has 0 bridgehead atoms. The van der Waals surface area contributed by atoms with Gasteiger partial charge in [-0.05, 0) is 60.7 Å². The van der Waals surface area contributed by atoms with Crippen molar-refractivity contribution >= 4 is 58.2 Å². The minimum Gasteiger partial charge on any atom is -0.489 e. The second kappa shape index (κ2) is 16.5. The smallest absolute Gasteiger partial charge is 0.262 e. The molecule has 4 N–H and O–H groups in total. The zero-order valence-electron chi connectivity index (χ0n) is 31.1. The number of rotatable bonds is 6. The van der Waals surface area contributed by atoms with Crippen LogP contribution in [-0.2, 0) is 19.2 Å². The third kappa shape index (κ3) is 8.16. The third-order valence-corrected chi connectivity index (χ3v) is 9.51. The predicted octanol–water partition coefficient (Wildman–Crippen LogP) is 3.40. The standard InChI is InChI=1S/2C20H18FN3O5/c2*1-22-18(25)8-13-9-28-17-7-12(21)3-4-15(17)24(13)20(27)11-2-5-16-14(6-11)23-19(26)10-29-16/h2*2-7,13H,8-10H2,1H3,(H,22,25)(H,23,26)/t13-;/m1./s1. The van der Waals surface area contributed by atoms with Crippen molar-refractivity contribution in [3.63, 3.8) is 0 Å². The number of nitrogens with zero attached hydrogens (tertiary/aromatic N) is 2. The van der Waals surface area contributed by atoms with Gasteiger partial charge in [0, 0.05) is 37.4 Å². The summed E-state index contributed by atoms with van der Waals surface area (Å²) < 4.78 is 49.1. The van der Waals surface area contributed by atoms with Crippen molar-refractivity contribution in [1.82, 2.24) is 10.6 Å². The van der Waals surface area contributed by atoms with Crippen molar-refractivity contribution in [3.8, 4) is 23.0 Å². The van der Waals surface area contributed by atoms with E-state index in [9.17, 15) is 37.5 Å². The number of anilines is 4. The van der Waals surface area contributed by atoms with Crippen LogP contribution in [0.1, 0.15) is 33.6 Å². The van der Waals surface area contributed by atoms with Crippen molar-refractivity contribution in [2.24, 2.45) is 0 Å². The molecule has 4 aromatic carbocycles. The van der Waals surface area contributed by atoms with E-state index in [1.807, 2.05) is 0 Å². The molecule has 4 aliphatic heterocycles. The van der Waals surface area contributed by atoms with Crippen LogP contribution in [0.3, 0.4) is 0 Å². The van der Waals surface area contributed by atoms with E-state index in [1.165, 1.54) is 72.4 Å². The van der Waals surface area contributed by atoms with Gasteiger partial charge in [-0.1, -0.05) is 0 Å². The Kier molecular flexibility index (Phi) is 11.1. The first-order chi connectivity index (χ1) is 27.9. The minimum absolute atomic E-state index is 0.0177. The number of carbonyl (C=O) groups is 6. The lowest BCUT2D eigenvalue weighted by Crippen LogP contribution is -2.49. The molecule has 0 spiro atoms. The minimum atomic E-state index is -0.581. The molecule has 6 amide bonds. The van der Waals surface area contributed by atoms with Crippen LogP contribution in [0.25, 0.3) is 0 Å². The number of hydrogen-bond acceptors (Lipinski definition) is 10. The number of hydrogen-bond donors (Lipinski definition) is 4. The largest absolute Gasteiger partial charge is 0.489 e. The molecular formula is C40H36F2N6O10. The normalized spacial score (nSPS) is 17.2. The molecule has 0 radical (unpaired) electrons. The van der Waals surface area contributed by atoms with Gasteiger partial charge in [0.15, 0.2) is 13.2 Å². The second-order valence-corrected chi connectivity index (χ2v) is 13.4. The Hall–Kier alpha value is -7.24. The summed E-state index contributed by atoms with van der Waals surface area (Å²) in [6, 6.07) is 16.0. The number of nitrogens with one attached hydrogen (secondary N) is 4. The van der Waals surface area contributed by atoms with E-state index < -0.39 is 35.5 Å². The maximum Gasteiger partial charge on any atom is 0.262 e. The van der Waals surface area contributed by atoms with Crippen LogP contribution < -0.4 is 50.0 Å². The second-order valence-electron chi connectivity index (χ2n) is 13.4. The summed E-state index contributed by atoms with van der Waals surface area (Å²) >= 11 is 0. The monoisotopic (exact) mass is 798 g/mol. The summed E-state index contributed by atoms with van der Waals surface area (Å²) in [5, 5.41) is 10.4. The lowest BCUT2D eigenvalue weighted by atomic mass is 10.0. The van der Waals surface area contributed by atoms with Crippen LogP contribution >= 0.6 is 0 Å². The summed E-state index contributed by atoms with van der Waals surface area (Å²) in [5.74, 6) is -1.55. The topological polar surface area (TPSA) is 194 Å². The number of amides is 6. The van der Waals surface area contributed by atoms with E-state index in [1.54, 1.807) is 24.3 Å². The first-order valence-corrected chi connectivity index (χ1v) is 18.0. The van der Waals surface area contributed by atoms with Gasteiger partial charge in [-0.15, -0.1) is 0 Å². The number of benzene rings is 4. The number of fused-ring (bicyclic) bond motifs is 4. The fourth-order valence-corrected chi connectivity index (χ4v) is 6.71. The Morgan fingerprint density at radius 2 is 1.02 bits per heavy atom. The Morgan fingerprint density at radius 1 is 0.603 bits per heavy atom. The molecule has 1 unspecified atom stereocenters. The van der Waals surface area contributed by atoms with Crippen LogP contribution in [0, 0.1) is 11.6 Å². The quantitative estimate of drug-likeness (QED) is 0.225. The van der Waals surface area contributed by atoms with Gasteiger partial charge in [0.2, 0.25) is 11.8 Å². The van der Waals surface area contributed by atoms with Gasteiger partial charge in [0.1, 0.15) is 47.8 Å². The molecular weight excluding hydrogens is 762 g/mol. The van der Waals surface area contributed by atoms with E-state index in [0.717, 1.165) is 0 Å². The molecule has 16 nitrogen and oxygen atoms in total. The molecule has 0 fully saturated rings. The molecule has 0 aromatic heterocycles. The molecule has 0 saturated heterocycles. The van der Waals surface area contributed by atoms with Gasteiger partial charge in [-0.25, -0.2) is 8.78 Å². The zero-order valence-corrected chi connectivity index (χ0v) is 31.1. The molecule has 4 heterocycles. The van der Waals surface area contributed by atoms with Crippen LogP contribution in [0.4, 0.5) is 31.5 Å². The molecule has 0 aliphatic carbocycles. The van der Waals surface area contributed by atoms with Crippen molar-refractivity contribution in [3.05, 3.63) is 95.6 Å². The molecule has 4 aromatic rings. The predicted molar refractivity (Wildman–Crippen MR) is 203 cm³/mol. The van der Waals surface area contributed by atoms with Gasteiger partial charge >= 0.3 is 0 Å². The van der Waals surface area contributed by atoms with Gasteiger partial charge in [-0.3, -0.25) is 38.6 Å². The average molecular weight is 799 g/mol. The third-order valence-electron chi connectivity index (χ3n) is 9.51. The molecule has 18 heteroatoms. The van der Waals surface area contributed by atoms with E-state index in [4.69, 9.17) is 18.9 Å². The number of ether oxygens (including phenoxy) is 4. The fraction of sp³-hybridized carbons (Fsp3) is 0.250. The summed E-state index contributed by atoms with van der Waals surface area (Å²) in [6.45, 7) is -0.0887. The van der Waals surface area contributed by atoms with Crippen LogP contribution in [0.5, 0.6) is 23.0 Å². The highest BCUT2D eigenvalue weighted by Gasteiger charge is 2.37. The Morgan fingerprint density at radius 3 is 1.41 bits per heavy atom. The maximum absolute atomic E-state index is 13.6. The van der Waals surface area contributed by atoms with Crippen LogP contribution in [-0.4, -0.2) is 88.0 Å². The van der Waals surface area contributed by atoms with Crippen molar-refractivity contribution in [1.29, 1.82) is 0 Å². The van der Waals surface area contributed by atoms with Gasteiger partial charge < -0.3 is 40.2 Å². The number of halogens is 2. The van der Waals surface area contributed by atoms with Crippen molar-refractivity contribution in [2.75, 3.05) is 61.0 Å². The Labute approximate surface area is 329 Å². The van der Waals surface area contributed by atoms with Crippen LogP contribution in [0.15, 0.2) is 72.8 Å². The van der Waals surface area contributed by atoms with E-state index in [2.05, 4.69) is 21.3 Å². The molecule has 300 valence electrons. The van der Waals surface area contributed by atoms with Gasteiger partial charge in [-0.2, -0.15) is 0 Å². The van der Waals surface area contributed by atoms with Gasteiger partial charge in [0.25, 0.3) is 23.6 Å². The van der Waals surface area contributed by atoms with E-state index in [-0.39, 0.29) is 85.5 Å². The first kappa shape index (κ1) is 39.0. The number of carbonyl (C=O) groups excluding carboxylic acids is 6. The lowest BCUT2D eigenvalue weighted by molar-refractivity contribution is -0.121. The summed E-state index contributed by atoms with van der Waals surface area (Å²) in [5.41, 5.74) is 2.09. The van der Waals surface area contributed by atoms with Crippen LogP contribution in [0.2, 0.25) is 0 Å². The summed E-state index contributed by atoms with van der Waals surface area (Å²) in [7, 11) is 3.02. The fourth-order valence-electron chi connectivity index (χ4n) is 6.71. The summed E-state index contributed by atoms with van der Waals surface area (Å²) in [4.78, 5) is 76.7. The maximum atomic E-state index is 13.6. The zero-order chi connectivity index (χ0) is 41.1. The van der Waals surface area contributed by atoms with E-state index >= 15 is 0 Å². The van der Waals surface area contributed by atoms with Crippen molar-refractivity contribution in [2.45, 2.75) is 24.9 Å². The molecule has 4 aliphatic rings. The lowest BCUT2D eigenvalue weighted by Gasteiger charge is -2.37. The molecule has 0 saturated carbocycles. The van der Waals surface area contributed by atoms with E-state index in [0.29, 0.717) is 34.2 Å². The SMILES string of the molecule is CNC(=O)CC1COc2cc(F)ccc2N1C(=O)c1ccc2c(c1)NC(=O)CO2.CNC(=O)C[C@@H]1COc2cc(F)ccc2N1C(=O)c1ccc2c(c1)NC(=O)CO2. The van der Waals surface area contributed by atoms with Gasteiger partial charge in [0.05, 0.1) is 47.7 Å². The highest BCUT2D eigenvalue weighted by Crippen LogP contribution is 2.39. The molecule has 2 atom stereocenters. The summed E-state index contributed by atoms with van der Waals surface area (Å²) in [6.07, 6.45) is 0.0354. The molecule has 8 rings (SSSR count). The highest BCUT2D eigenvalue weighted by molar-refractivity contribution is 6.10. The highest BCUT2D eigenvalue weighted by atomic mass is 19.1. The average Bonchev–Trinajstić information content (AvgIpc) is 3.22. The van der Waals surface area contributed by atoms with Crippen molar-refractivity contribution < 1.29 is 56.5 Å². The first-order valence-electron chi connectivity index (χ1n) is 18.0. The molecule has 58 heavy (non-hydrogen) atoms. The Balaban J connectivity index is 0.000000177. The Bertz CT molecular complexity index is 2180.